The van der Waals surface area contributed by atoms with E-state index < -0.39 is 0 Å². The van der Waals surface area contributed by atoms with Crippen LogP contribution in [-0.4, -0.2) is 22.4 Å². The van der Waals surface area contributed by atoms with Crippen molar-refractivity contribution in [2.24, 2.45) is 0 Å². The van der Waals surface area contributed by atoms with Gasteiger partial charge >= 0.3 is 0 Å². The molecule has 2 aromatic rings. The van der Waals surface area contributed by atoms with Gasteiger partial charge in [0.2, 0.25) is 0 Å². The first-order chi connectivity index (χ1) is 11.9. The first-order valence-electron chi connectivity index (χ1n) is 7.02. The van der Waals surface area contributed by atoms with Crippen molar-refractivity contribution in [3.05, 3.63) is 55.8 Å². The highest BCUT2D eigenvalue weighted by Gasteiger charge is 2.33. The van der Waals surface area contributed by atoms with Gasteiger partial charge in [-0.05, 0) is 61.7 Å². The van der Waals surface area contributed by atoms with Gasteiger partial charge in [0.25, 0.3) is 5.91 Å². The molecule has 0 aromatic heterocycles. The zero-order valence-corrected chi connectivity index (χ0v) is 17.6. The Bertz CT molecular complexity index is 901. The van der Waals surface area contributed by atoms with Gasteiger partial charge in [0.05, 0.1) is 22.2 Å². The Hall–Kier alpha value is -1.35. The van der Waals surface area contributed by atoms with E-state index >= 15 is 0 Å². The summed E-state index contributed by atoms with van der Waals surface area (Å²) in [6, 6.07) is 10.9. The molecule has 4 nitrogen and oxygen atoms in total. The van der Waals surface area contributed by atoms with E-state index in [1.165, 1.54) is 23.8 Å². The van der Waals surface area contributed by atoms with E-state index in [4.69, 9.17) is 17.0 Å². The number of anilines is 1. The number of carbonyl (C=O) groups excluding carboxylic acids is 1. The third kappa shape index (κ3) is 3.48. The molecule has 1 saturated heterocycles. The summed E-state index contributed by atoms with van der Waals surface area (Å²) in [4.78, 5) is 14.8. The average molecular weight is 501 g/mol. The monoisotopic (exact) mass is 499 g/mol. The number of ether oxygens (including phenoxy) is 1. The summed E-state index contributed by atoms with van der Waals surface area (Å²) < 4.78 is 6.72. The number of thiocarbonyl (C=S) groups is 1. The van der Waals surface area contributed by atoms with Crippen LogP contribution in [0.1, 0.15) is 5.56 Å². The Kier molecular flexibility index (Phi) is 5.52. The maximum absolute atomic E-state index is 12.8. The van der Waals surface area contributed by atoms with Gasteiger partial charge in [0.1, 0.15) is 0 Å². The maximum atomic E-state index is 12.8. The van der Waals surface area contributed by atoms with Crippen LogP contribution in [0.4, 0.5) is 5.69 Å². The molecule has 2 aromatic carbocycles. The predicted octanol–water partition coefficient (Wildman–Crippen LogP) is 5.33. The van der Waals surface area contributed by atoms with E-state index in [0.29, 0.717) is 29.5 Å². The Morgan fingerprint density at radius 2 is 1.92 bits per heavy atom. The molecule has 3 rings (SSSR count). The molecule has 8 heteroatoms. The van der Waals surface area contributed by atoms with Crippen LogP contribution in [0.25, 0.3) is 6.08 Å². The SMILES string of the molecule is COc1cc(/C=C2/SC(=S)N(c3ccccc3)C2=O)c(Br)c(Br)c1O. The molecule has 1 aliphatic heterocycles. The standard InChI is InChI=1S/C17H11Br2NO3S2/c1-23-11-7-9(13(18)14(19)15(11)21)8-12-16(22)20(17(24)25-12)10-5-3-2-4-6-10/h2-8,21H,1H3/b12-8+. The van der Waals surface area contributed by atoms with Gasteiger partial charge in [0.15, 0.2) is 15.8 Å². The van der Waals surface area contributed by atoms with Crippen molar-refractivity contribution in [3.63, 3.8) is 0 Å². The second-order valence-corrected chi connectivity index (χ2v) is 8.26. The highest BCUT2D eigenvalue weighted by atomic mass is 79.9. The number of nitrogens with zero attached hydrogens (tertiary/aromatic N) is 1. The fourth-order valence-electron chi connectivity index (χ4n) is 2.28. The Labute approximate surface area is 171 Å². The molecule has 0 atom stereocenters. The Balaban J connectivity index is 2.02. The number of carbonyl (C=O) groups is 1. The first kappa shape index (κ1) is 18.4. The lowest BCUT2D eigenvalue weighted by atomic mass is 10.2. The molecule has 0 spiro atoms. The number of halogens is 2. The summed E-state index contributed by atoms with van der Waals surface area (Å²) in [5.74, 6) is 0.111. The van der Waals surface area contributed by atoms with Crippen molar-refractivity contribution in [1.82, 2.24) is 0 Å². The van der Waals surface area contributed by atoms with Crippen LogP contribution in [0, 0.1) is 0 Å². The van der Waals surface area contributed by atoms with Crippen LogP contribution in [0.15, 0.2) is 50.2 Å². The van der Waals surface area contributed by atoms with Crippen molar-refractivity contribution in [3.8, 4) is 11.5 Å². The zero-order valence-electron chi connectivity index (χ0n) is 12.8. The van der Waals surface area contributed by atoms with Crippen molar-refractivity contribution in [1.29, 1.82) is 0 Å². The minimum Gasteiger partial charge on any atom is -0.503 e. The summed E-state index contributed by atoms with van der Waals surface area (Å²) in [7, 11) is 1.47. The smallest absolute Gasteiger partial charge is 0.270 e. The summed E-state index contributed by atoms with van der Waals surface area (Å²) >= 11 is 13.3. The van der Waals surface area contributed by atoms with Crippen LogP contribution >= 0.6 is 55.8 Å². The van der Waals surface area contributed by atoms with Gasteiger partial charge in [-0.25, -0.2) is 0 Å². The van der Waals surface area contributed by atoms with E-state index in [1.54, 1.807) is 12.1 Å². The molecule has 1 aliphatic rings. The van der Waals surface area contributed by atoms with E-state index in [9.17, 15) is 9.90 Å². The second kappa shape index (κ2) is 7.49. The normalized spacial score (nSPS) is 16.0. The number of phenols is 1. The lowest BCUT2D eigenvalue weighted by molar-refractivity contribution is -0.113. The first-order valence-corrected chi connectivity index (χ1v) is 9.83. The van der Waals surface area contributed by atoms with Crippen molar-refractivity contribution in [2.45, 2.75) is 0 Å². The van der Waals surface area contributed by atoms with E-state index in [0.717, 1.165) is 5.69 Å². The number of phenolic OH excluding ortho intramolecular Hbond substituents is 1. The predicted molar refractivity (Wildman–Crippen MR) is 112 cm³/mol. The third-order valence-corrected chi connectivity index (χ3v) is 6.95. The quantitative estimate of drug-likeness (QED) is 0.455. The number of rotatable bonds is 3. The van der Waals surface area contributed by atoms with Crippen molar-refractivity contribution in [2.75, 3.05) is 12.0 Å². The minimum atomic E-state index is -0.184. The Morgan fingerprint density at radius 1 is 1.24 bits per heavy atom. The number of thioether (sulfide) groups is 1. The summed E-state index contributed by atoms with van der Waals surface area (Å²) in [5.41, 5.74) is 1.42. The summed E-state index contributed by atoms with van der Waals surface area (Å²) in [6.07, 6.45) is 1.72. The molecule has 0 unspecified atom stereocenters. The number of aromatic hydroxyl groups is 1. The van der Waals surface area contributed by atoms with Crippen LogP contribution < -0.4 is 9.64 Å². The maximum Gasteiger partial charge on any atom is 0.270 e. The lowest BCUT2D eigenvalue weighted by Gasteiger charge is -2.14. The zero-order chi connectivity index (χ0) is 18.1. The van der Waals surface area contributed by atoms with E-state index in [-0.39, 0.29) is 11.7 Å². The van der Waals surface area contributed by atoms with Crippen molar-refractivity contribution < 1.29 is 14.6 Å². The highest BCUT2D eigenvalue weighted by molar-refractivity contribution is 9.13. The molecule has 0 radical (unpaired) electrons. The van der Waals surface area contributed by atoms with E-state index in [2.05, 4.69) is 31.9 Å². The largest absolute Gasteiger partial charge is 0.503 e. The Morgan fingerprint density at radius 3 is 2.56 bits per heavy atom. The molecule has 1 heterocycles. The van der Waals surface area contributed by atoms with Gasteiger partial charge in [-0.3, -0.25) is 9.69 Å². The third-order valence-electron chi connectivity index (χ3n) is 3.49. The number of hydrogen-bond acceptors (Lipinski definition) is 5. The average Bonchev–Trinajstić information content (AvgIpc) is 2.89. The van der Waals surface area contributed by atoms with Gasteiger partial charge in [0, 0.05) is 4.47 Å². The van der Waals surface area contributed by atoms with Gasteiger partial charge in [-0.1, -0.05) is 42.2 Å². The summed E-state index contributed by atoms with van der Waals surface area (Å²) in [5, 5.41) is 10.0. The number of methoxy groups -OCH3 is 1. The van der Waals surface area contributed by atoms with Gasteiger partial charge < -0.3 is 9.84 Å². The van der Waals surface area contributed by atoms with Crippen molar-refractivity contribution >= 4 is 77.8 Å². The molecule has 128 valence electrons. The molecule has 25 heavy (non-hydrogen) atoms. The molecular weight excluding hydrogens is 490 g/mol. The van der Waals surface area contributed by atoms with E-state index in [1.807, 2.05) is 30.3 Å². The number of hydrogen-bond donors (Lipinski definition) is 1. The van der Waals surface area contributed by atoms with Gasteiger partial charge in [-0.15, -0.1) is 0 Å². The molecule has 1 N–H and O–H groups in total. The van der Waals surface area contributed by atoms with Crippen LogP contribution in [0.2, 0.25) is 0 Å². The summed E-state index contributed by atoms with van der Waals surface area (Å²) in [6.45, 7) is 0. The molecule has 1 amide bonds. The molecule has 0 saturated carbocycles. The molecule has 0 bridgehead atoms. The van der Waals surface area contributed by atoms with Crippen LogP contribution in [0.3, 0.4) is 0 Å². The van der Waals surface area contributed by atoms with Crippen LogP contribution in [0.5, 0.6) is 11.5 Å². The minimum absolute atomic E-state index is 0.0108. The molecular formula is C17H11Br2NO3S2. The number of benzene rings is 2. The molecule has 1 fully saturated rings. The second-order valence-electron chi connectivity index (χ2n) is 5.00. The highest BCUT2D eigenvalue weighted by Crippen LogP contribution is 2.44. The fraction of sp³-hybridized carbons (Fsp3) is 0.0588. The fourth-order valence-corrected chi connectivity index (χ4v) is 4.41. The number of amides is 1. The number of para-hydroxylation sites is 1. The van der Waals surface area contributed by atoms with Crippen LogP contribution in [-0.2, 0) is 4.79 Å². The van der Waals surface area contributed by atoms with Gasteiger partial charge in [-0.2, -0.15) is 0 Å². The topological polar surface area (TPSA) is 49.8 Å². The lowest BCUT2D eigenvalue weighted by Crippen LogP contribution is -2.27. The molecule has 0 aliphatic carbocycles.